The number of hydrogen-bond donors (Lipinski definition) is 1. The zero-order chi connectivity index (χ0) is 23.0. The Kier molecular flexibility index (Phi) is 5.76. The van der Waals surface area contributed by atoms with E-state index in [4.69, 9.17) is 16.3 Å². The molecular formula is C26H22ClNO4. The number of Topliss-reactive ketones (excluding diaryl/α,β-unsaturated/α-hetero) is 1. The van der Waals surface area contributed by atoms with Gasteiger partial charge in [0.05, 0.1) is 23.7 Å². The van der Waals surface area contributed by atoms with Crippen molar-refractivity contribution in [3.63, 3.8) is 0 Å². The van der Waals surface area contributed by atoms with Crippen LogP contribution in [0.4, 0.5) is 5.69 Å². The molecule has 6 heteroatoms. The van der Waals surface area contributed by atoms with E-state index in [1.165, 1.54) is 12.0 Å². The van der Waals surface area contributed by atoms with E-state index in [1.807, 2.05) is 56.3 Å². The SMILES string of the molecule is COc1cc(/C(O)=C2/C(=O)C(=O)N(c3ccccc3C)C2c2cccc(C)c2)ccc1Cl. The van der Waals surface area contributed by atoms with Gasteiger partial charge in [-0.25, -0.2) is 0 Å². The molecule has 0 saturated carbocycles. The molecule has 0 bridgehead atoms. The monoisotopic (exact) mass is 447 g/mol. The number of methoxy groups -OCH3 is 1. The van der Waals surface area contributed by atoms with Gasteiger partial charge in [-0.3, -0.25) is 14.5 Å². The van der Waals surface area contributed by atoms with Crippen molar-refractivity contribution in [3.8, 4) is 5.75 Å². The van der Waals surface area contributed by atoms with Gasteiger partial charge in [0.1, 0.15) is 11.5 Å². The number of rotatable bonds is 4. The number of anilines is 1. The number of amides is 1. The zero-order valence-electron chi connectivity index (χ0n) is 17.9. The quantitative estimate of drug-likeness (QED) is 0.321. The van der Waals surface area contributed by atoms with Gasteiger partial charge in [0.25, 0.3) is 11.7 Å². The Morgan fingerprint density at radius 2 is 1.75 bits per heavy atom. The lowest BCUT2D eigenvalue weighted by Crippen LogP contribution is -2.30. The summed E-state index contributed by atoms with van der Waals surface area (Å²) in [5.41, 5.74) is 3.54. The number of hydrogen-bond acceptors (Lipinski definition) is 4. The lowest BCUT2D eigenvalue weighted by molar-refractivity contribution is -0.132. The number of carbonyl (C=O) groups is 2. The molecule has 3 aromatic rings. The van der Waals surface area contributed by atoms with Crippen LogP contribution < -0.4 is 9.64 Å². The zero-order valence-corrected chi connectivity index (χ0v) is 18.7. The topological polar surface area (TPSA) is 66.8 Å². The normalized spacial score (nSPS) is 17.6. The summed E-state index contributed by atoms with van der Waals surface area (Å²) < 4.78 is 5.25. The summed E-state index contributed by atoms with van der Waals surface area (Å²) in [6.45, 7) is 3.82. The highest BCUT2D eigenvalue weighted by Gasteiger charge is 2.47. The standard InChI is InChI=1S/C26H22ClNO4/c1-15-7-6-9-17(13-15)23-22(24(29)18-11-12-19(27)21(14-18)32-3)25(30)26(31)28(23)20-10-5-4-8-16(20)2/h4-14,23,29H,1-3H3/b24-22-. The molecule has 4 rings (SSSR count). The Morgan fingerprint density at radius 3 is 2.44 bits per heavy atom. The Hall–Kier alpha value is -3.57. The molecule has 0 aliphatic carbocycles. The molecule has 0 spiro atoms. The fraction of sp³-hybridized carbons (Fsp3) is 0.154. The second kappa shape index (κ2) is 8.52. The van der Waals surface area contributed by atoms with E-state index in [9.17, 15) is 14.7 Å². The summed E-state index contributed by atoms with van der Waals surface area (Å²) in [5.74, 6) is -1.35. The van der Waals surface area contributed by atoms with Crippen molar-refractivity contribution in [2.75, 3.05) is 12.0 Å². The van der Waals surface area contributed by atoms with Crippen LogP contribution >= 0.6 is 11.6 Å². The smallest absolute Gasteiger partial charge is 0.300 e. The van der Waals surface area contributed by atoms with Gasteiger partial charge >= 0.3 is 0 Å². The summed E-state index contributed by atoms with van der Waals surface area (Å²) in [5, 5.41) is 11.6. The van der Waals surface area contributed by atoms with E-state index in [0.29, 0.717) is 22.0 Å². The largest absolute Gasteiger partial charge is 0.507 e. The molecule has 1 saturated heterocycles. The summed E-state index contributed by atoms with van der Waals surface area (Å²) >= 11 is 6.12. The fourth-order valence-electron chi connectivity index (χ4n) is 4.03. The van der Waals surface area contributed by atoms with E-state index in [0.717, 1.165) is 16.7 Å². The van der Waals surface area contributed by atoms with Crippen LogP contribution in [0.5, 0.6) is 5.75 Å². The lowest BCUT2D eigenvalue weighted by Gasteiger charge is -2.27. The van der Waals surface area contributed by atoms with Crippen LogP contribution in [0.1, 0.15) is 28.3 Å². The highest BCUT2D eigenvalue weighted by molar-refractivity contribution is 6.51. The molecule has 1 unspecified atom stereocenters. The Balaban J connectivity index is 1.98. The molecule has 1 fully saturated rings. The van der Waals surface area contributed by atoms with Crippen LogP contribution in [-0.4, -0.2) is 23.9 Å². The van der Waals surface area contributed by atoms with Gasteiger partial charge in [-0.2, -0.15) is 0 Å². The molecule has 32 heavy (non-hydrogen) atoms. The van der Waals surface area contributed by atoms with Crippen LogP contribution in [0.25, 0.3) is 5.76 Å². The molecule has 0 radical (unpaired) electrons. The summed E-state index contributed by atoms with van der Waals surface area (Å²) in [7, 11) is 1.47. The molecule has 1 N–H and O–H groups in total. The van der Waals surface area contributed by atoms with Crippen LogP contribution in [0.3, 0.4) is 0 Å². The van der Waals surface area contributed by atoms with Crippen molar-refractivity contribution < 1.29 is 19.4 Å². The predicted molar refractivity (Wildman–Crippen MR) is 125 cm³/mol. The van der Waals surface area contributed by atoms with Crippen molar-refractivity contribution >= 4 is 34.7 Å². The number of aliphatic hydroxyl groups is 1. The van der Waals surface area contributed by atoms with Crippen molar-refractivity contribution in [1.82, 2.24) is 0 Å². The Bertz CT molecular complexity index is 1260. The maximum atomic E-state index is 13.2. The van der Waals surface area contributed by atoms with Crippen LogP contribution in [-0.2, 0) is 9.59 Å². The van der Waals surface area contributed by atoms with Gasteiger partial charge in [0.2, 0.25) is 0 Å². The van der Waals surface area contributed by atoms with Gasteiger partial charge in [-0.05, 0) is 49.2 Å². The van der Waals surface area contributed by atoms with E-state index in [1.54, 1.807) is 24.3 Å². The first kappa shape index (κ1) is 21.7. The minimum atomic E-state index is -0.780. The number of aliphatic hydroxyl groups excluding tert-OH is 1. The molecule has 1 atom stereocenters. The molecule has 3 aromatic carbocycles. The highest BCUT2D eigenvalue weighted by atomic mass is 35.5. The lowest BCUT2D eigenvalue weighted by atomic mass is 9.94. The average molecular weight is 448 g/mol. The van der Waals surface area contributed by atoms with Crippen molar-refractivity contribution in [2.45, 2.75) is 19.9 Å². The number of halogens is 1. The minimum Gasteiger partial charge on any atom is -0.507 e. The number of benzene rings is 3. The maximum absolute atomic E-state index is 13.2. The first-order valence-corrected chi connectivity index (χ1v) is 10.5. The summed E-state index contributed by atoms with van der Waals surface area (Å²) in [4.78, 5) is 27.9. The van der Waals surface area contributed by atoms with Crippen molar-refractivity contribution in [2.24, 2.45) is 0 Å². The molecule has 1 amide bonds. The number of ketones is 1. The number of ether oxygens (including phenoxy) is 1. The Morgan fingerprint density at radius 1 is 1.00 bits per heavy atom. The Labute approximate surface area is 191 Å². The van der Waals surface area contributed by atoms with Gasteiger partial charge in [-0.15, -0.1) is 0 Å². The van der Waals surface area contributed by atoms with Crippen LogP contribution in [0.15, 0.2) is 72.3 Å². The fourth-order valence-corrected chi connectivity index (χ4v) is 4.23. The van der Waals surface area contributed by atoms with E-state index >= 15 is 0 Å². The van der Waals surface area contributed by atoms with E-state index < -0.39 is 17.7 Å². The van der Waals surface area contributed by atoms with Gasteiger partial charge in [0, 0.05) is 11.3 Å². The number of nitrogens with zero attached hydrogens (tertiary/aromatic N) is 1. The van der Waals surface area contributed by atoms with Crippen LogP contribution in [0, 0.1) is 13.8 Å². The van der Waals surface area contributed by atoms with Gasteiger partial charge in [0.15, 0.2) is 0 Å². The molecule has 0 aromatic heterocycles. The maximum Gasteiger partial charge on any atom is 0.300 e. The third kappa shape index (κ3) is 3.65. The number of para-hydroxylation sites is 1. The van der Waals surface area contributed by atoms with Crippen LogP contribution in [0.2, 0.25) is 5.02 Å². The molecule has 1 aliphatic heterocycles. The second-order valence-corrected chi connectivity index (χ2v) is 8.13. The molecule has 5 nitrogen and oxygen atoms in total. The van der Waals surface area contributed by atoms with Crippen molar-refractivity contribution in [3.05, 3.63) is 99.6 Å². The number of aryl methyl sites for hydroxylation is 2. The molecule has 1 aliphatic rings. The minimum absolute atomic E-state index is 0.0215. The van der Waals surface area contributed by atoms with Gasteiger partial charge in [-0.1, -0.05) is 59.6 Å². The summed E-state index contributed by atoms with van der Waals surface area (Å²) in [6, 6.07) is 18.9. The first-order valence-electron chi connectivity index (χ1n) is 10.1. The molecule has 162 valence electrons. The predicted octanol–water partition coefficient (Wildman–Crippen LogP) is 5.59. The third-order valence-electron chi connectivity index (χ3n) is 5.60. The number of carbonyl (C=O) groups excluding carboxylic acids is 2. The average Bonchev–Trinajstić information content (AvgIpc) is 3.04. The molecule has 1 heterocycles. The van der Waals surface area contributed by atoms with Gasteiger partial charge < -0.3 is 9.84 Å². The molecular weight excluding hydrogens is 426 g/mol. The van der Waals surface area contributed by atoms with Crippen molar-refractivity contribution in [1.29, 1.82) is 0 Å². The first-order chi connectivity index (χ1) is 15.3. The summed E-state index contributed by atoms with van der Waals surface area (Å²) in [6.07, 6.45) is 0. The second-order valence-electron chi connectivity index (χ2n) is 7.72. The van der Waals surface area contributed by atoms with E-state index in [-0.39, 0.29) is 11.3 Å². The third-order valence-corrected chi connectivity index (χ3v) is 5.91. The highest BCUT2D eigenvalue weighted by Crippen LogP contribution is 2.43. The van der Waals surface area contributed by atoms with E-state index in [2.05, 4.69) is 0 Å².